The number of hydrogen-bond acceptors (Lipinski definition) is 5. The van der Waals surface area contributed by atoms with Crippen molar-refractivity contribution in [2.75, 3.05) is 11.9 Å². The van der Waals surface area contributed by atoms with Crippen LogP contribution in [0.1, 0.15) is 27.4 Å². The highest BCUT2D eigenvalue weighted by Gasteiger charge is 2.19. The number of anilines is 1. The number of nitrogens with one attached hydrogen (secondary N) is 1. The van der Waals surface area contributed by atoms with Gasteiger partial charge in [0.05, 0.1) is 11.5 Å². The summed E-state index contributed by atoms with van der Waals surface area (Å²) in [6, 6.07) is 23.8. The van der Waals surface area contributed by atoms with Gasteiger partial charge in [-0.3, -0.25) is 9.78 Å². The Morgan fingerprint density at radius 2 is 1.65 bits per heavy atom. The van der Waals surface area contributed by atoms with Gasteiger partial charge in [-0.1, -0.05) is 48.5 Å². The van der Waals surface area contributed by atoms with Crippen molar-refractivity contribution in [3.63, 3.8) is 0 Å². The Kier molecular flexibility index (Phi) is 10.0. The van der Waals surface area contributed by atoms with Gasteiger partial charge in [-0.05, 0) is 46.8 Å². The standard InChI is InChI=1S/C26H23N3O3.2ClH/c27-15-24(25(30)29-23-11-10-22-16-28-13-12-21(22)14-23)19-8-6-18(7-9-19)17-32-26(31)20-4-2-1-3-5-20;;/h1-14,16,24H,15,17,27H2,(H,29,30);2*1H/t24-;;/m1../s1. The number of carbonyl (C=O) groups is 2. The number of nitrogens with two attached hydrogens (primary N) is 1. The van der Waals surface area contributed by atoms with Crippen LogP contribution in [0.2, 0.25) is 0 Å². The average molecular weight is 498 g/mol. The molecule has 1 heterocycles. The fourth-order valence-electron chi connectivity index (χ4n) is 3.44. The zero-order chi connectivity index (χ0) is 22.3. The van der Waals surface area contributed by atoms with E-state index >= 15 is 0 Å². The normalized spacial score (nSPS) is 11.0. The lowest BCUT2D eigenvalue weighted by Gasteiger charge is -2.16. The van der Waals surface area contributed by atoms with Crippen molar-refractivity contribution in [1.29, 1.82) is 0 Å². The molecule has 1 amide bonds. The van der Waals surface area contributed by atoms with E-state index in [9.17, 15) is 9.59 Å². The monoisotopic (exact) mass is 497 g/mol. The van der Waals surface area contributed by atoms with Crippen LogP contribution in [0.3, 0.4) is 0 Å². The van der Waals surface area contributed by atoms with E-state index in [1.807, 2.05) is 54.6 Å². The van der Waals surface area contributed by atoms with Crippen molar-refractivity contribution >= 4 is 53.2 Å². The predicted molar refractivity (Wildman–Crippen MR) is 139 cm³/mol. The lowest BCUT2D eigenvalue weighted by Crippen LogP contribution is -2.27. The second-order valence-electron chi connectivity index (χ2n) is 7.40. The molecule has 176 valence electrons. The molecular weight excluding hydrogens is 473 g/mol. The number of esters is 1. The molecule has 1 aromatic heterocycles. The number of rotatable bonds is 7. The van der Waals surface area contributed by atoms with Gasteiger partial charge in [0.15, 0.2) is 0 Å². The van der Waals surface area contributed by atoms with Crippen LogP contribution >= 0.6 is 24.8 Å². The van der Waals surface area contributed by atoms with Crippen molar-refractivity contribution in [2.45, 2.75) is 12.5 Å². The Balaban J connectivity index is 0.00000204. The first kappa shape index (κ1) is 26.8. The van der Waals surface area contributed by atoms with Gasteiger partial charge in [-0.2, -0.15) is 0 Å². The summed E-state index contributed by atoms with van der Waals surface area (Å²) in [7, 11) is 0. The Morgan fingerprint density at radius 1 is 0.912 bits per heavy atom. The lowest BCUT2D eigenvalue weighted by atomic mass is 9.97. The van der Waals surface area contributed by atoms with E-state index in [-0.39, 0.29) is 49.8 Å². The number of ether oxygens (including phenoxy) is 1. The molecule has 4 aromatic rings. The number of aromatic nitrogens is 1. The highest BCUT2D eigenvalue weighted by atomic mass is 35.5. The fraction of sp³-hybridized carbons (Fsp3) is 0.115. The molecule has 0 spiro atoms. The fourth-order valence-corrected chi connectivity index (χ4v) is 3.44. The third kappa shape index (κ3) is 6.54. The first-order valence-electron chi connectivity index (χ1n) is 10.3. The quantitative estimate of drug-likeness (QED) is 0.345. The van der Waals surface area contributed by atoms with Crippen LogP contribution in [0.15, 0.2) is 91.3 Å². The van der Waals surface area contributed by atoms with E-state index in [2.05, 4.69) is 10.3 Å². The third-order valence-corrected chi connectivity index (χ3v) is 5.22. The summed E-state index contributed by atoms with van der Waals surface area (Å²) in [6.45, 7) is 0.325. The zero-order valence-corrected chi connectivity index (χ0v) is 19.9. The summed E-state index contributed by atoms with van der Waals surface area (Å²) in [4.78, 5) is 29.1. The number of amides is 1. The summed E-state index contributed by atoms with van der Waals surface area (Å²) < 4.78 is 5.36. The maximum atomic E-state index is 12.9. The van der Waals surface area contributed by atoms with E-state index in [1.54, 1.807) is 36.7 Å². The molecule has 0 unspecified atom stereocenters. The summed E-state index contributed by atoms with van der Waals surface area (Å²) >= 11 is 0. The van der Waals surface area contributed by atoms with Crippen molar-refractivity contribution in [1.82, 2.24) is 4.98 Å². The molecule has 8 heteroatoms. The highest BCUT2D eigenvalue weighted by molar-refractivity contribution is 5.98. The molecule has 3 N–H and O–H groups in total. The van der Waals surface area contributed by atoms with Crippen molar-refractivity contribution in [3.05, 3.63) is 108 Å². The minimum Gasteiger partial charge on any atom is -0.457 e. The number of nitrogens with zero attached hydrogens (tertiary/aromatic N) is 1. The number of fused-ring (bicyclic) bond motifs is 1. The number of benzene rings is 3. The number of carbonyl (C=O) groups excluding carboxylic acids is 2. The molecule has 0 radical (unpaired) electrons. The van der Waals surface area contributed by atoms with Crippen LogP contribution in [-0.4, -0.2) is 23.4 Å². The molecular formula is C26H25Cl2N3O3. The second kappa shape index (κ2) is 12.7. The number of halogens is 2. The molecule has 0 aliphatic rings. The molecule has 0 saturated heterocycles. The van der Waals surface area contributed by atoms with Gasteiger partial charge in [-0.25, -0.2) is 4.79 Å². The summed E-state index contributed by atoms with van der Waals surface area (Å²) in [6.07, 6.45) is 3.50. The smallest absolute Gasteiger partial charge is 0.338 e. The predicted octanol–water partition coefficient (Wildman–Crippen LogP) is 5.12. The van der Waals surface area contributed by atoms with Gasteiger partial charge in [0, 0.05) is 30.0 Å². The first-order valence-corrected chi connectivity index (χ1v) is 10.3. The molecule has 6 nitrogen and oxygen atoms in total. The molecule has 0 aliphatic carbocycles. The topological polar surface area (TPSA) is 94.3 Å². The Hall–Kier alpha value is -3.45. The van der Waals surface area contributed by atoms with Gasteiger partial charge in [-0.15, -0.1) is 24.8 Å². The van der Waals surface area contributed by atoms with Gasteiger partial charge < -0.3 is 15.8 Å². The van der Waals surface area contributed by atoms with Crippen LogP contribution in [0.5, 0.6) is 0 Å². The van der Waals surface area contributed by atoms with E-state index in [4.69, 9.17) is 10.5 Å². The van der Waals surface area contributed by atoms with Crippen molar-refractivity contribution < 1.29 is 14.3 Å². The van der Waals surface area contributed by atoms with E-state index < -0.39 is 5.92 Å². The number of pyridine rings is 1. The Morgan fingerprint density at radius 3 is 2.35 bits per heavy atom. The minimum atomic E-state index is -0.496. The lowest BCUT2D eigenvalue weighted by molar-refractivity contribution is -0.117. The third-order valence-electron chi connectivity index (χ3n) is 5.22. The summed E-state index contributed by atoms with van der Waals surface area (Å²) in [5.74, 6) is -1.05. The molecule has 0 aliphatic heterocycles. The highest BCUT2D eigenvalue weighted by Crippen LogP contribution is 2.22. The molecule has 0 bridgehead atoms. The van der Waals surface area contributed by atoms with Crippen LogP contribution in [0, 0.1) is 0 Å². The zero-order valence-electron chi connectivity index (χ0n) is 18.2. The second-order valence-corrected chi connectivity index (χ2v) is 7.40. The van der Waals surface area contributed by atoms with Gasteiger partial charge in [0.2, 0.25) is 5.91 Å². The SMILES string of the molecule is Cl.Cl.NC[C@@H](C(=O)Nc1ccc2cnccc2c1)c1ccc(COC(=O)c2ccccc2)cc1. The first-order chi connectivity index (χ1) is 15.6. The minimum absolute atomic E-state index is 0. The Bertz CT molecular complexity index is 1230. The van der Waals surface area contributed by atoms with Crippen LogP contribution in [0.25, 0.3) is 10.8 Å². The summed E-state index contributed by atoms with van der Waals surface area (Å²) in [5, 5.41) is 4.95. The molecule has 4 rings (SSSR count). The van der Waals surface area contributed by atoms with E-state index in [1.165, 1.54) is 0 Å². The maximum absolute atomic E-state index is 12.9. The van der Waals surface area contributed by atoms with Gasteiger partial charge in [0.1, 0.15) is 6.61 Å². The van der Waals surface area contributed by atoms with Crippen molar-refractivity contribution in [2.24, 2.45) is 5.73 Å². The van der Waals surface area contributed by atoms with Gasteiger partial charge in [0.25, 0.3) is 0 Å². The maximum Gasteiger partial charge on any atom is 0.338 e. The van der Waals surface area contributed by atoms with Crippen LogP contribution in [0.4, 0.5) is 5.69 Å². The Labute approximate surface area is 210 Å². The molecule has 0 fully saturated rings. The molecule has 3 aromatic carbocycles. The van der Waals surface area contributed by atoms with Crippen molar-refractivity contribution in [3.8, 4) is 0 Å². The molecule has 1 atom stereocenters. The van der Waals surface area contributed by atoms with Crippen LogP contribution in [-0.2, 0) is 16.1 Å². The van der Waals surface area contributed by atoms with E-state index in [0.717, 1.165) is 21.9 Å². The molecule has 34 heavy (non-hydrogen) atoms. The van der Waals surface area contributed by atoms with E-state index in [0.29, 0.717) is 11.3 Å². The molecule has 0 saturated carbocycles. The number of hydrogen-bond donors (Lipinski definition) is 2. The van der Waals surface area contributed by atoms with Crippen LogP contribution < -0.4 is 11.1 Å². The van der Waals surface area contributed by atoms with Gasteiger partial charge >= 0.3 is 5.97 Å². The summed E-state index contributed by atoms with van der Waals surface area (Å²) in [5.41, 5.74) is 8.76. The largest absolute Gasteiger partial charge is 0.457 e. The average Bonchev–Trinajstić information content (AvgIpc) is 2.84.